The Balaban J connectivity index is 2.01. The van der Waals surface area contributed by atoms with E-state index in [1.807, 2.05) is 0 Å². The normalized spacial score (nSPS) is 11.8. The minimum absolute atomic E-state index is 0.0625. The maximum atomic E-state index is 11.9. The number of nitrogens with one attached hydrogen (secondary N) is 1. The van der Waals surface area contributed by atoms with Crippen LogP contribution in [-0.2, 0) is 11.3 Å². The van der Waals surface area contributed by atoms with E-state index in [4.69, 9.17) is 9.52 Å². The van der Waals surface area contributed by atoms with E-state index in [0.29, 0.717) is 12.3 Å². The molecular weight excluding hydrogens is 274 g/mol. The number of hydrogen-bond donors (Lipinski definition) is 2. The Morgan fingerprint density at radius 2 is 2.33 bits per heavy atom. The van der Waals surface area contributed by atoms with Crippen LogP contribution in [0, 0.1) is 0 Å². The van der Waals surface area contributed by atoms with Gasteiger partial charge in [0.2, 0.25) is 0 Å². The summed E-state index contributed by atoms with van der Waals surface area (Å²) in [6.45, 7) is 3.86. The largest absolute Gasteiger partial charge is 0.480 e. The van der Waals surface area contributed by atoms with Gasteiger partial charge in [-0.1, -0.05) is 6.08 Å². The minimum Gasteiger partial charge on any atom is -0.480 e. The molecule has 0 radical (unpaired) electrons. The smallest absolute Gasteiger partial charge is 0.326 e. The van der Waals surface area contributed by atoms with E-state index >= 15 is 0 Å². The molecule has 7 heteroatoms. The van der Waals surface area contributed by atoms with Crippen LogP contribution < -0.4 is 5.32 Å². The number of amides is 1. The fraction of sp³-hybridized carbons (Fsp3) is 0.214. The topological polar surface area (TPSA) is 97.4 Å². The van der Waals surface area contributed by atoms with Crippen LogP contribution in [0.3, 0.4) is 0 Å². The molecule has 1 amide bonds. The molecule has 7 nitrogen and oxygen atoms in total. The van der Waals surface area contributed by atoms with Gasteiger partial charge in [-0.3, -0.25) is 9.48 Å². The molecule has 1 unspecified atom stereocenters. The molecule has 2 aromatic rings. The lowest BCUT2D eigenvalue weighted by atomic mass is 10.2. The molecule has 2 rings (SSSR count). The van der Waals surface area contributed by atoms with Crippen molar-refractivity contribution >= 4 is 11.9 Å². The van der Waals surface area contributed by atoms with Crippen LogP contribution in [0.2, 0.25) is 0 Å². The van der Waals surface area contributed by atoms with Gasteiger partial charge in [0.1, 0.15) is 11.8 Å². The van der Waals surface area contributed by atoms with Crippen molar-refractivity contribution in [3.63, 3.8) is 0 Å². The number of hydrogen-bond acceptors (Lipinski definition) is 4. The van der Waals surface area contributed by atoms with Gasteiger partial charge in [-0.05, 0) is 24.6 Å². The predicted molar refractivity (Wildman–Crippen MR) is 73.7 cm³/mol. The molecule has 0 aliphatic rings. The van der Waals surface area contributed by atoms with Gasteiger partial charge in [0, 0.05) is 12.4 Å². The summed E-state index contributed by atoms with van der Waals surface area (Å²) in [6, 6.07) is 3.92. The van der Waals surface area contributed by atoms with Gasteiger partial charge in [0.05, 0.1) is 6.54 Å². The third kappa shape index (κ3) is 3.82. The molecule has 0 spiro atoms. The first-order valence-electron chi connectivity index (χ1n) is 6.31. The second-order valence-electron chi connectivity index (χ2n) is 4.36. The standard InChI is InChI=1S/C14H15N3O4/c1-2-4-11(14(19)20)16-13(18)12-6-5-10(21-12)9-17-8-3-7-15-17/h2-3,5-8,11H,1,4,9H2,(H,16,18)(H,19,20). The number of rotatable bonds is 7. The molecule has 0 aromatic carbocycles. The monoisotopic (exact) mass is 289 g/mol. The third-order valence-corrected chi connectivity index (χ3v) is 2.77. The Kier molecular flexibility index (Phi) is 4.55. The zero-order chi connectivity index (χ0) is 15.2. The quantitative estimate of drug-likeness (QED) is 0.748. The molecule has 0 saturated carbocycles. The highest BCUT2D eigenvalue weighted by Crippen LogP contribution is 2.10. The van der Waals surface area contributed by atoms with E-state index in [1.165, 1.54) is 12.1 Å². The first kappa shape index (κ1) is 14.6. The van der Waals surface area contributed by atoms with Crippen LogP contribution in [0.5, 0.6) is 0 Å². The van der Waals surface area contributed by atoms with E-state index in [1.54, 1.807) is 29.2 Å². The number of carboxylic acid groups (broad SMARTS) is 1. The maximum Gasteiger partial charge on any atom is 0.326 e. The van der Waals surface area contributed by atoms with Crippen molar-refractivity contribution in [3.8, 4) is 0 Å². The number of carboxylic acids is 1. The summed E-state index contributed by atoms with van der Waals surface area (Å²) in [5, 5.41) is 15.4. The molecule has 0 bridgehead atoms. The van der Waals surface area contributed by atoms with Gasteiger partial charge in [-0.2, -0.15) is 5.10 Å². The zero-order valence-electron chi connectivity index (χ0n) is 11.2. The molecule has 0 saturated heterocycles. The Morgan fingerprint density at radius 1 is 1.52 bits per heavy atom. The second kappa shape index (κ2) is 6.56. The molecule has 110 valence electrons. The number of aromatic nitrogens is 2. The molecule has 1 atom stereocenters. The number of carbonyl (C=O) groups is 2. The Morgan fingerprint density at radius 3 is 2.95 bits per heavy atom. The fourth-order valence-electron chi connectivity index (χ4n) is 1.76. The Hall–Kier alpha value is -2.83. The van der Waals surface area contributed by atoms with Gasteiger partial charge < -0.3 is 14.8 Å². The van der Waals surface area contributed by atoms with Gasteiger partial charge in [0.25, 0.3) is 5.91 Å². The van der Waals surface area contributed by atoms with Crippen LogP contribution in [0.4, 0.5) is 0 Å². The molecule has 0 aliphatic carbocycles. The molecule has 2 N–H and O–H groups in total. The Bertz CT molecular complexity index is 630. The molecule has 0 fully saturated rings. The van der Waals surface area contributed by atoms with Crippen molar-refractivity contribution in [1.29, 1.82) is 0 Å². The molecule has 0 aliphatic heterocycles. The highest BCUT2D eigenvalue weighted by molar-refractivity contribution is 5.94. The highest BCUT2D eigenvalue weighted by Gasteiger charge is 2.21. The van der Waals surface area contributed by atoms with Crippen LogP contribution in [0.25, 0.3) is 0 Å². The lowest BCUT2D eigenvalue weighted by Gasteiger charge is -2.10. The summed E-state index contributed by atoms with van der Waals surface area (Å²) in [4.78, 5) is 22.9. The van der Waals surface area contributed by atoms with E-state index in [2.05, 4.69) is 17.0 Å². The summed E-state index contributed by atoms with van der Waals surface area (Å²) in [7, 11) is 0. The number of aliphatic carboxylic acids is 1. The molecular formula is C14H15N3O4. The molecule has 2 heterocycles. The molecule has 21 heavy (non-hydrogen) atoms. The predicted octanol–water partition coefficient (Wildman–Crippen LogP) is 1.28. The van der Waals surface area contributed by atoms with E-state index in [-0.39, 0.29) is 12.2 Å². The average molecular weight is 289 g/mol. The van der Waals surface area contributed by atoms with Crippen LogP contribution >= 0.6 is 0 Å². The average Bonchev–Trinajstić information content (AvgIpc) is 3.10. The lowest BCUT2D eigenvalue weighted by molar-refractivity contribution is -0.139. The van der Waals surface area contributed by atoms with Crippen molar-refractivity contribution in [1.82, 2.24) is 15.1 Å². The van der Waals surface area contributed by atoms with Gasteiger partial charge >= 0.3 is 5.97 Å². The Labute approximate surface area is 120 Å². The minimum atomic E-state index is -1.12. The number of furan rings is 1. The summed E-state index contributed by atoms with van der Waals surface area (Å²) < 4.78 is 7.04. The first-order chi connectivity index (χ1) is 10.1. The van der Waals surface area contributed by atoms with E-state index < -0.39 is 17.9 Å². The maximum absolute atomic E-state index is 11.9. The SMILES string of the molecule is C=CCC(NC(=O)c1ccc(Cn2cccn2)o1)C(=O)O. The first-order valence-corrected chi connectivity index (χ1v) is 6.31. The van der Waals surface area contributed by atoms with Crippen LogP contribution in [0.1, 0.15) is 22.7 Å². The summed E-state index contributed by atoms with van der Waals surface area (Å²) in [6.07, 6.45) is 4.99. The van der Waals surface area contributed by atoms with Crippen LogP contribution in [0.15, 0.2) is 47.7 Å². The summed E-state index contributed by atoms with van der Waals surface area (Å²) in [5.41, 5.74) is 0. The lowest BCUT2D eigenvalue weighted by Crippen LogP contribution is -2.40. The second-order valence-corrected chi connectivity index (χ2v) is 4.36. The van der Waals surface area contributed by atoms with Crippen molar-refractivity contribution in [3.05, 3.63) is 54.8 Å². The van der Waals surface area contributed by atoms with Crippen molar-refractivity contribution in [2.24, 2.45) is 0 Å². The van der Waals surface area contributed by atoms with Gasteiger partial charge in [0.15, 0.2) is 5.76 Å². The number of carbonyl (C=O) groups excluding carboxylic acids is 1. The van der Waals surface area contributed by atoms with Gasteiger partial charge in [-0.25, -0.2) is 4.79 Å². The van der Waals surface area contributed by atoms with Crippen molar-refractivity contribution < 1.29 is 19.1 Å². The fourth-order valence-corrected chi connectivity index (χ4v) is 1.76. The molecule has 2 aromatic heterocycles. The summed E-state index contributed by atoms with van der Waals surface area (Å²) >= 11 is 0. The van der Waals surface area contributed by atoms with Crippen molar-refractivity contribution in [2.45, 2.75) is 19.0 Å². The van der Waals surface area contributed by atoms with Gasteiger partial charge in [-0.15, -0.1) is 6.58 Å². The summed E-state index contributed by atoms with van der Waals surface area (Å²) in [5.74, 6) is -1.07. The highest BCUT2D eigenvalue weighted by atomic mass is 16.4. The van der Waals surface area contributed by atoms with Crippen molar-refractivity contribution in [2.75, 3.05) is 0 Å². The van der Waals surface area contributed by atoms with E-state index in [0.717, 1.165) is 0 Å². The number of nitrogens with zero attached hydrogens (tertiary/aromatic N) is 2. The van der Waals surface area contributed by atoms with Crippen LogP contribution in [-0.4, -0.2) is 32.8 Å². The van der Waals surface area contributed by atoms with E-state index in [9.17, 15) is 9.59 Å². The zero-order valence-corrected chi connectivity index (χ0v) is 11.2. The third-order valence-electron chi connectivity index (χ3n) is 2.77.